The summed E-state index contributed by atoms with van der Waals surface area (Å²) in [6.45, 7) is 0.588. The van der Waals surface area contributed by atoms with Crippen LogP contribution in [0, 0.1) is 5.82 Å². The van der Waals surface area contributed by atoms with Crippen LogP contribution < -0.4 is 10.6 Å². The fourth-order valence-electron chi connectivity index (χ4n) is 2.67. The molecule has 0 saturated carbocycles. The molecule has 1 amide bonds. The summed E-state index contributed by atoms with van der Waals surface area (Å²) >= 11 is 1.60. The maximum atomic E-state index is 14.6. The number of cyclic esters (lactones) is 1. The van der Waals surface area contributed by atoms with Crippen molar-refractivity contribution in [2.75, 3.05) is 32.1 Å². The zero-order valence-electron chi connectivity index (χ0n) is 14.1. The van der Waals surface area contributed by atoms with E-state index in [1.165, 1.54) is 11.0 Å². The van der Waals surface area contributed by atoms with Gasteiger partial charge in [-0.15, -0.1) is 0 Å². The van der Waals surface area contributed by atoms with E-state index in [0.29, 0.717) is 17.8 Å². The van der Waals surface area contributed by atoms with Gasteiger partial charge < -0.3 is 10.5 Å². The first kappa shape index (κ1) is 17.7. The third-order valence-electron chi connectivity index (χ3n) is 3.85. The van der Waals surface area contributed by atoms with Crippen LogP contribution in [0.1, 0.15) is 0 Å². The molecule has 0 radical (unpaired) electrons. The van der Waals surface area contributed by atoms with Gasteiger partial charge in [-0.25, -0.2) is 9.18 Å². The van der Waals surface area contributed by atoms with Crippen LogP contribution in [0.4, 0.5) is 14.9 Å². The molecule has 1 aliphatic rings. The van der Waals surface area contributed by atoms with Crippen molar-refractivity contribution in [2.45, 2.75) is 11.0 Å². The Kier molecular flexibility index (Phi) is 5.27. The highest BCUT2D eigenvalue weighted by Crippen LogP contribution is 2.30. The number of hydrogen-bond acceptors (Lipinski definition) is 5. The summed E-state index contributed by atoms with van der Waals surface area (Å²) in [6.07, 6.45) is -0.843. The van der Waals surface area contributed by atoms with Crippen LogP contribution in [-0.2, 0) is 4.74 Å². The molecule has 1 aliphatic heterocycles. The van der Waals surface area contributed by atoms with Gasteiger partial charge in [0.25, 0.3) is 0 Å². The Labute approximate surface area is 150 Å². The smallest absolute Gasteiger partial charge is 0.414 e. The van der Waals surface area contributed by atoms with E-state index in [-0.39, 0.29) is 18.5 Å². The van der Waals surface area contributed by atoms with Gasteiger partial charge in [-0.2, -0.15) is 0 Å². The van der Waals surface area contributed by atoms with Crippen LogP contribution in [0.5, 0.6) is 0 Å². The maximum absolute atomic E-state index is 14.6. The van der Waals surface area contributed by atoms with Gasteiger partial charge in [-0.1, -0.05) is 12.1 Å². The second kappa shape index (κ2) is 7.43. The van der Waals surface area contributed by atoms with E-state index >= 15 is 0 Å². The van der Waals surface area contributed by atoms with Crippen molar-refractivity contribution < 1.29 is 13.9 Å². The lowest BCUT2D eigenvalue weighted by Gasteiger charge is -2.14. The Morgan fingerprint density at radius 1 is 1.28 bits per heavy atom. The number of hydrogen-bond donors (Lipinski definition) is 1. The first-order valence-electron chi connectivity index (χ1n) is 7.91. The number of rotatable bonds is 5. The molecule has 0 spiro atoms. The van der Waals surface area contributed by atoms with Crippen LogP contribution in [-0.4, -0.2) is 43.7 Å². The SMILES string of the molecule is CN(C)Sc1ccc(-c2ccc(N3C[C@H](CN)OC3=O)cc2F)cc1. The van der Waals surface area contributed by atoms with Crippen molar-refractivity contribution in [3.63, 3.8) is 0 Å². The Hall–Kier alpha value is -2.09. The molecule has 0 aliphatic carbocycles. The minimum absolute atomic E-state index is 0.250. The lowest BCUT2D eigenvalue weighted by molar-refractivity contribution is 0.145. The molecular weight excluding hydrogens is 341 g/mol. The van der Waals surface area contributed by atoms with E-state index in [1.807, 2.05) is 42.7 Å². The van der Waals surface area contributed by atoms with Gasteiger partial charge in [0.05, 0.1) is 12.2 Å². The number of nitrogens with zero attached hydrogens (tertiary/aromatic N) is 2. The molecule has 1 atom stereocenters. The Bertz CT molecular complexity index is 767. The number of amides is 1. The molecule has 2 aromatic carbocycles. The molecule has 5 nitrogen and oxygen atoms in total. The first-order chi connectivity index (χ1) is 12.0. The number of carbonyl (C=O) groups is 1. The van der Waals surface area contributed by atoms with Gasteiger partial charge in [-0.05, 0) is 61.9 Å². The third kappa shape index (κ3) is 3.95. The first-order valence-corrected chi connectivity index (χ1v) is 8.69. The lowest BCUT2D eigenvalue weighted by atomic mass is 10.0. The third-order valence-corrected chi connectivity index (χ3v) is 4.70. The Morgan fingerprint density at radius 2 is 2.00 bits per heavy atom. The minimum atomic E-state index is -0.493. The summed E-state index contributed by atoms with van der Waals surface area (Å²) in [5.74, 6) is -0.380. The molecule has 1 heterocycles. The van der Waals surface area contributed by atoms with Crippen molar-refractivity contribution >= 4 is 23.7 Å². The van der Waals surface area contributed by atoms with Gasteiger partial charge in [0.1, 0.15) is 11.9 Å². The van der Waals surface area contributed by atoms with E-state index in [1.54, 1.807) is 24.1 Å². The molecule has 2 N–H and O–H groups in total. The molecule has 0 unspecified atom stereocenters. The number of nitrogens with two attached hydrogens (primary N) is 1. The van der Waals surface area contributed by atoms with Crippen LogP contribution in [0.2, 0.25) is 0 Å². The fourth-order valence-corrected chi connectivity index (χ4v) is 3.35. The van der Waals surface area contributed by atoms with Gasteiger partial charge >= 0.3 is 6.09 Å². The van der Waals surface area contributed by atoms with Crippen LogP contribution in [0.25, 0.3) is 11.1 Å². The molecule has 7 heteroatoms. The molecule has 0 aromatic heterocycles. The molecule has 2 aromatic rings. The van der Waals surface area contributed by atoms with Crippen LogP contribution in [0.15, 0.2) is 47.4 Å². The summed E-state index contributed by atoms with van der Waals surface area (Å²) < 4.78 is 21.7. The Morgan fingerprint density at radius 3 is 2.56 bits per heavy atom. The Balaban J connectivity index is 1.81. The summed E-state index contributed by atoms with van der Waals surface area (Å²) in [7, 11) is 3.94. The second-order valence-corrected chi connectivity index (χ2v) is 7.33. The summed E-state index contributed by atoms with van der Waals surface area (Å²) in [6, 6.07) is 12.5. The highest BCUT2D eigenvalue weighted by Gasteiger charge is 2.31. The largest absolute Gasteiger partial charge is 0.443 e. The molecule has 25 heavy (non-hydrogen) atoms. The molecular formula is C18H20FN3O2S. The zero-order valence-corrected chi connectivity index (χ0v) is 14.9. The van der Waals surface area contributed by atoms with Crippen molar-refractivity contribution in [3.8, 4) is 11.1 Å². The molecule has 1 fully saturated rings. The van der Waals surface area contributed by atoms with Crippen molar-refractivity contribution in [2.24, 2.45) is 5.73 Å². The fraction of sp³-hybridized carbons (Fsp3) is 0.278. The predicted octanol–water partition coefficient (Wildman–Crippen LogP) is 3.35. The zero-order chi connectivity index (χ0) is 18.0. The van der Waals surface area contributed by atoms with Gasteiger partial charge in [0, 0.05) is 17.0 Å². The average molecular weight is 361 g/mol. The van der Waals surface area contributed by atoms with E-state index < -0.39 is 6.09 Å². The minimum Gasteiger partial charge on any atom is -0.443 e. The highest BCUT2D eigenvalue weighted by atomic mass is 32.2. The topological polar surface area (TPSA) is 58.8 Å². The molecule has 1 saturated heterocycles. The normalized spacial score (nSPS) is 17.2. The van der Waals surface area contributed by atoms with Crippen LogP contribution in [0.3, 0.4) is 0 Å². The van der Waals surface area contributed by atoms with Crippen molar-refractivity contribution in [3.05, 3.63) is 48.3 Å². The van der Waals surface area contributed by atoms with Crippen molar-refractivity contribution in [1.82, 2.24) is 4.31 Å². The standard InChI is InChI=1S/C18H20FN3O2S/c1-21(2)25-15-6-3-12(4-7-15)16-8-5-13(9-17(16)19)22-11-14(10-20)24-18(22)23/h3-9,14H,10-11,20H2,1-2H3/t14-/m0/s1. The second-order valence-electron chi connectivity index (χ2n) is 5.94. The van der Waals surface area contributed by atoms with Gasteiger partial charge in [0.15, 0.2) is 0 Å². The lowest BCUT2D eigenvalue weighted by Crippen LogP contribution is -2.27. The van der Waals surface area contributed by atoms with Crippen molar-refractivity contribution in [1.29, 1.82) is 0 Å². The number of benzene rings is 2. The highest BCUT2D eigenvalue weighted by molar-refractivity contribution is 7.97. The predicted molar refractivity (Wildman–Crippen MR) is 98.0 cm³/mol. The van der Waals surface area contributed by atoms with Gasteiger partial charge in [0.2, 0.25) is 0 Å². The summed E-state index contributed by atoms with van der Waals surface area (Å²) in [5, 5.41) is 0. The molecule has 0 bridgehead atoms. The summed E-state index contributed by atoms with van der Waals surface area (Å²) in [4.78, 5) is 14.3. The molecule has 3 rings (SSSR count). The van der Waals surface area contributed by atoms with E-state index in [9.17, 15) is 9.18 Å². The summed E-state index contributed by atoms with van der Waals surface area (Å²) in [5.41, 5.74) is 7.28. The van der Waals surface area contributed by atoms with Crippen LogP contribution >= 0.6 is 11.9 Å². The number of carbonyl (C=O) groups excluding carboxylic acids is 1. The van der Waals surface area contributed by atoms with E-state index in [4.69, 9.17) is 10.5 Å². The maximum Gasteiger partial charge on any atom is 0.414 e. The monoisotopic (exact) mass is 361 g/mol. The number of anilines is 1. The van der Waals surface area contributed by atoms with E-state index in [0.717, 1.165) is 10.5 Å². The molecule has 132 valence electrons. The number of ether oxygens (including phenoxy) is 1. The van der Waals surface area contributed by atoms with Gasteiger partial charge in [-0.3, -0.25) is 9.21 Å². The van der Waals surface area contributed by atoms with E-state index in [2.05, 4.69) is 0 Å². The number of halogens is 1. The average Bonchev–Trinajstić information content (AvgIpc) is 2.96. The quantitative estimate of drug-likeness (QED) is 0.828.